The van der Waals surface area contributed by atoms with Crippen molar-refractivity contribution in [2.75, 3.05) is 6.61 Å². The van der Waals surface area contributed by atoms with E-state index in [4.69, 9.17) is 14.5 Å². The van der Waals surface area contributed by atoms with Crippen molar-refractivity contribution < 1.29 is 49.9 Å². The van der Waals surface area contributed by atoms with Crippen LogP contribution in [0.1, 0.15) is 92.9 Å². The average Bonchev–Trinajstić information content (AvgIpc) is 3.00. The van der Waals surface area contributed by atoms with Crippen LogP contribution in [0.4, 0.5) is 0 Å². The maximum Gasteiger partial charge on any atom is 0.349 e. The summed E-state index contributed by atoms with van der Waals surface area (Å²) in [5, 5.41) is 62.5. The van der Waals surface area contributed by atoms with Crippen LogP contribution < -0.4 is 0 Å². The van der Waals surface area contributed by atoms with Crippen LogP contribution in [0.3, 0.4) is 0 Å². The zero-order valence-electron chi connectivity index (χ0n) is 28.3. The normalized spacial score (nSPS) is 53.2. The van der Waals surface area contributed by atoms with Gasteiger partial charge in [-0.15, -0.1) is 4.89 Å². The van der Waals surface area contributed by atoms with E-state index in [1.165, 1.54) is 5.57 Å². The van der Waals surface area contributed by atoms with E-state index in [9.17, 15) is 35.4 Å². The molecule has 0 spiro atoms. The van der Waals surface area contributed by atoms with Crippen LogP contribution in [-0.4, -0.2) is 86.1 Å². The van der Waals surface area contributed by atoms with E-state index in [1.54, 1.807) is 0 Å². The number of aliphatic hydroxyl groups is 6. The van der Waals surface area contributed by atoms with Crippen molar-refractivity contribution in [2.45, 2.75) is 136 Å². The van der Waals surface area contributed by atoms with Crippen LogP contribution in [-0.2, 0) is 19.3 Å². The molecule has 6 aliphatic rings. The Labute approximate surface area is 272 Å². The molecule has 10 nitrogen and oxygen atoms in total. The second-order valence-electron chi connectivity index (χ2n) is 17.1. The van der Waals surface area contributed by atoms with Crippen LogP contribution in [0.15, 0.2) is 23.8 Å². The molecule has 46 heavy (non-hydrogen) atoms. The lowest BCUT2D eigenvalue weighted by Gasteiger charge is -2.71. The maximum atomic E-state index is 14.2. The fourth-order valence-corrected chi connectivity index (χ4v) is 11.9. The monoisotopic (exact) mass is 648 g/mol. The second kappa shape index (κ2) is 11.3. The number of allylic oxidation sites excluding steroid dienone is 3. The van der Waals surface area contributed by atoms with Crippen LogP contribution in [0.25, 0.3) is 0 Å². The maximum absolute atomic E-state index is 14.2. The Morgan fingerprint density at radius 2 is 1.65 bits per heavy atom. The molecule has 4 saturated carbocycles. The van der Waals surface area contributed by atoms with Gasteiger partial charge in [-0.1, -0.05) is 65.3 Å². The van der Waals surface area contributed by atoms with Gasteiger partial charge in [0.2, 0.25) is 6.29 Å². The van der Waals surface area contributed by atoms with Gasteiger partial charge in [0.25, 0.3) is 0 Å². The lowest BCUT2D eigenvalue weighted by molar-refractivity contribution is -0.408. The summed E-state index contributed by atoms with van der Waals surface area (Å²) in [6.45, 7) is 17.4. The van der Waals surface area contributed by atoms with Crippen LogP contribution in [0, 0.1) is 50.7 Å². The second-order valence-corrected chi connectivity index (χ2v) is 17.1. The Hall–Kier alpha value is -1.37. The molecule has 260 valence electrons. The summed E-state index contributed by atoms with van der Waals surface area (Å²) >= 11 is 0. The van der Waals surface area contributed by atoms with Gasteiger partial charge in [0.1, 0.15) is 24.4 Å². The first-order valence-electron chi connectivity index (χ1n) is 17.3. The summed E-state index contributed by atoms with van der Waals surface area (Å²) in [6, 6.07) is 0. The number of ether oxygens (including phenoxy) is 1. The van der Waals surface area contributed by atoms with Gasteiger partial charge >= 0.3 is 5.97 Å². The lowest BCUT2D eigenvalue weighted by Crippen LogP contribution is -2.67. The number of aliphatic hydroxyl groups excluding tert-OH is 6. The van der Waals surface area contributed by atoms with Gasteiger partial charge in [0.15, 0.2) is 0 Å². The van der Waals surface area contributed by atoms with Crippen LogP contribution in [0.5, 0.6) is 0 Å². The Balaban J connectivity index is 1.32. The minimum absolute atomic E-state index is 0.107. The highest BCUT2D eigenvalue weighted by atomic mass is 17.2. The van der Waals surface area contributed by atoms with Gasteiger partial charge in [-0.25, -0.2) is 4.79 Å². The van der Waals surface area contributed by atoms with Gasteiger partial charge < -0.3 is 35.4 Å². The minimum atomic E-state index is -1.69. The molecule has 15 atom stereocenters. The van der Waals surface area contributed by atoms with Crippen molar-refractivity contribution >= 4 is 5.97 Å². The van der Waals surface area contributed by atoms with Gasteiger partial charge in [-0.05, 0) is 90.8 Å². The standard InChI is InChI=1S/C36H56O10/c1-18-10-13-36(31(43)46-45-30-28(41)27(40)26(39)22(17-37)44-30)15-14-34(6)20(25(36)19(18)2)8-9-24-33(5)16-21(38)29(42)32(3,4)23(33)11-12-35(24,34)7/h8,18,21-30,37-42H,2,9-17H2,1,3-7H3/t18-,21-,22-,23+,24-,25?,26-,27+,28-,29+,30+,33+,34-,35-,36+/m1/s1. The Kier molecular flexibility index (Phi) is 8.50. The molecule has 5 aliphatic carbocycles. The molecule has 0 bridgehead atoms. The molecule has 1 heterocycles. The summed E-state index contributed by atoms with van der Waals surface area (Å²) in [4.78, 5) is 25.0. The summed E-state index contributed by atoms with van der Waals surface area (Å²) in [5.41, 5.74) is 0.401. The van der Waals surface area contributed by atoms with Crippen LogP contribution in [0.2, 0.25) is 0 Å². The zero-order valence-corrected chi connectivity index (χ0v) is 28.3. The largest absolute Gasteiger partial charge is 0.394 e. The number of fused-ring (bicyclic) bond motifs is 7. The highest BCUT2D eigenvalue weighted by molar-refractivity contribution is 5.79. The summed E-state index contributed by atoms with van der Waals surface area (Å²) in [5.74, 6) is -0.0665. The quantitative estimate of drug-likeness (QED) is 0.152. The van der Waals surface area contributed by atoms with E-state index in [2.05, 4.69) is 54.2 Å². The van der Waals surface area contributed by atoms with Crippen molar-refractivity contribution in [3.05, 3.63) is 23.8 Å². The highest BCUT2D eigenvalue weighted by Crippen LogP contribution is 2.75. The molecule has 6 N–H and O–H groups in total. The topological polar surface area (TPSA) is 166 Å². The number of hydrogen-bond donors (Lipinski definition) is 6. The lowest BCUT2D eigenvalue weighted by atomic mass is 9.33. The summed E-state index contributed by atoms with van der Waals surface area (Å²) in [7, 11) is 0. The first-order chi connectivity index (χ1) is 21.4. The summed E-state index contributed by atoms with van der Waals surface area (Å²) in [6.07, 6.45) is -0.799. The van der Waals surface area contributed by atoms with E-state index in [0.717, 1.165) is 37.7 Å². The van der Waals surface area contributed by atoms with Crippen molar-refractivity contribution in [3.8, 4) is 0 Å². The SMILES string of the molecule is C=C1C2C3=CC[C@@H]4[C@@]5(C)C[C@@H](O)[C@H](O)C(C)(C)[C@@H]5CC[C@@]4(C)[C@]3(C)CC[C@@]2(C(=O)OO[C@@H]2O[C@H](CO)[C@@H](O)[C@H](O)[C@H]2O)CC[C@H]1C. The van der Waals surface area contributed by atoms with Gasteiger partial charge in [-0.3, -0.25) is 4.89 Å². The van der Waals surface area contributed by atoms with Crippen molar-refractivity contribution in [2.24, 2.45) is 50.7 Å². The fourth-order valence-electron chi connectivity index (χ4n) is 11.9. The smallest absolute Gasteiger partial charge is 0.349 e. The third-order valence-electron chi connectivity index (χ3n) is 14.9. The van der Waals surface area contributed by atoms with Crippen molar-refractivity contribution in [3.63, 3.8) is 0 Å². The Morgan fingerprint density at radius 1 is 0.957 bits per heavy atom. The number of rotatable bonds is 4. The average molecular weight is 649 g/mol. The third-order valence-corrected chi connectivity index (χ3v) is 14.9. The molecule has 6 rings (SSSR count). The van der Waals surface area contributed by atoms with E-state index in [-0.39, 0.29) is 39.9 Å². The van der Waals surface area contributed by atoms with Gasteiger partial charge in [-0.2, -0.15) is 0 Å². The van der Waals surface area contributed by atoms with E-state index in [0.29, 0.717) is 19.3 Å². The molecule has 0 aromatic rings. The molecule has 0 amide bonds. The third kappa shape index (κ3) is 4.54. The fraction of sp³-hybridized carbons (Fsp3) is 0.861. The number of carbonyl (C=O) groups excluding carboxylic acids is 1. The predicted molar refractivity (Wildman–Crippen MR) is 167 cm³/mol. The molecule has 5 fully saturated rings. The van der Waals surface area contributed by atoms with Crippen LogP contribution >= 0.6 is 0 Å². The molecular formula is C36H56O10. The van der Waals surface area contributed by atoms with Crippen molar-refractivity contribution in [1.82, 2.24) is 0 Å². The molecule has 0 aromatic carbocycles. The molecule has 0 aromatic heterocycles. The highest BCUT2D eigenvalue weighted by Gasteiger charge is 2.70. The first kappa shape index (κ1) is 34.5. The Bertz CT molecular complexity index is 1260. The van der Waals surface area contributed by atoms with E-state index < -0.39 is 66.3 Å². The minimum Gasteiger partial charge on any atom is -0.394 e. The molecule has 1 aliphatic heterocycles. The van der Waals surface area contributed by atoms with E-state index >= 15 is 0 Å². The zero-order chi connectivity index (χ0) is 33.8. The molecule has 1 saturated heterocycles. The molecule has 1 unspecified atom stereocenters. The molecule has 0 radical (unpaired) electrons. The number of hydrogen-bond acceptors (Lipinski definition) is 10. The van der Waals surface area contributed by atoms with E-state index in [1.807, 2.05) is 0 Å². The van der Waals surface area contributed by atoms with Crippen molar-refractivity contribution in [1.29, 1.82) is 0 Å². The predicted octanol–water partition coefficient (Wildman–Crippen LogP) is 3.17. The van der Waals surface area contributed by atoms with Gasteiger partial charge in [0, 0.05) is 5.92 Å². The van der Waals surface area contributed by atoms with Gasteiger partial charge in [0.05, 0.1) is 24.2 Å². The first-order valence-corrected chi connectivity index (χ1v) is 17.3. The molecule has 10 heteroatoms. The number of carbonyl (C=O) groups is 1. The molecular weight excluding hydrogens is 592 g/mol. The summed E-state index contributed by atoms with van der Waals surface area (Å²) < 4.78 is 5.42. The Morgan fingerprint density at radius 3 is 2.33 bits per heavy atom.